The highest BCUT2D eigenvalue weighted by molar-refractivity contribution is 7.97. The number of nitrogens with one attached hydrogen (secondary N) is 2. The monoisotopic (exact) mass is 863 g/mol. The summed E-state index contributed by atoms with van der Waals surface area (Å²) in [5, 5.41) is 14.4. The van der Waals surface area contributed by atoms with Gasteiger partial charge in [0.15, 0.2) is 6.10 Å². The van der Waals surface area contributed by atoms with Gasteiger partial charge in [-0.05, 0) is 107 Å². The molecule has 0 aromatic heterocycles. The van der Waals surface area contributed by atoms with E-state index in [1.807, 2.05) is 75.4 Å². The minimum atomic E-state index is -1.27. The molecular formula is C45H74N3O9PS. The first-order valence-electron chi connectivity index (χ1n) is 20.7. The van der Waals surface area contributed by atoms with E-state index >= 15 is 0 Å². The summed E-state index contributed by atoms with van der Waals surface area (Å²) in [6.45, 7) is 22.8. The molecule has 0 bridgehead atoms. The Hall–Kier alpha value is -3.42. The van der Waals surface area contributed by atoms with E-state index in [1.54, 1.807) is 40.0 Å². The molecule has 1 aliphatic rings. The molecule has 0 aliphatic carbocycles. The standard InChI is InChI=1S/C21H28NO4P.C15H24N2O3S.C4H8O.C3H8O.C2H6/c1-4-24-21(23)18(3)25-27(26-20-8-6-5-7-9-20)15-14-22-16-19-12-10-17(2)11-13-19;1-12(2)11-17(10-4-9-16-15(18)19)21-14-7-5-13(20-3)6-8-14;1-2-4-5-3-1;1-3-4-2;1-2/h5-13,18,22H,4,14-16H2,1-3H3;5-8,12,16H,4,9-11H2,1-3H3,(H,18,19);1-4H2;3H2,1-2H3;1-2H3. The molecule has 12 nitrogen and oxygen atoms in total. The fraction of sp³-hybridized carbons (Fsp3) is 0.556. The zero-order chi connectivity index (χ0) is 44.1. The average molecular weight is 864 g/mol. The van der Waals surface area contributed by atoms with Gasteiger partial charge in [0.25, 0.3) is 0 Å². The van der Waals surface area contributed by atoms with Crippen molar-refractivity contribution in [2.45, 2.75) is 92.2 Å². The van der Waals surface area contributed by atoms with E-state index in [4.69, 9.17) is 28.4 Å². The van der Waals surface area contributed by atoms with Crippen LogP contribution < -0.4 is 19.9 Å². The van der Waals surface area contributed by atoms with Crippen LogP contribution in [0.1, 0.15) is 78.9 Å². The molecule has 0 saturated carbocycles. The highest BCUT2D eigenvalue weighted by Crippen LogP contribution is 2.40. The van der Waals surface area contributed by atoms with Gasteiger partial charge in [0.1, 0.15) is 11.5 Å². The molecule has 334 valence electrons. The van der Waals surface area contributed by atoms with E-state index < -0.39 is 20.6 Å². The van der Waals surface area contributed by atoms with Gasteiger partial charge >= 0.3 is 12.1 Å². The Morgan fingerprint density at radius 3 is 2.02 bits per heavy atom. The largest absolute Gasteiger partial charge is 0.497 e. The molecule has 0 spiro atoms. The molecule has 1 fully saturated rings. The van der Waals surface area contributed by atoms with E-state index in [1.165, 1.54) is 24.0 Å². The molecule has 14 heteroatoms. The molecule has 2 unspecified atom stereocenters. The quantitative estimate of drug-likeness (QED) is 0.0407. The van der Waals surface area contributed by atoms with Crippen LogP contribution in [0.5, 0.6) is 11.5 Å². The smallest absolute Gasteiger partial charge is 0.404 e. The van der Waals surface area contributed by atoms with Crippen molar-refractivity contribution in [3.8, 4) is 11.5 Å². The van der Waals surface area contributed by atoms with Gasteiger partial charge in [0.2, 0.25) is 8.38 Å². The lowest BCUT2D eigenvalue weighted by atomic mass is 10.1. The summed E-state index contributed by atoms with van der Waals surface area (Å²) in [5.74, 6) is 1.77. The molecular weight excluding hydrogens is 790 g/mol. The number of nitrogens with zero attached hydrogens (tertiary/aromatic N) is 1. The van der Waals surface area contributed by atoms with Gasteiger partial charge in [-0.1, -0.05) is 75.7 Å². The van der Waals surface area contributed by atoms with Crippen molar-refractivity contribution in [3.05, 3.63) is 90.0 Å². The zero-order valence-electron chi connectivity index (χ0n) is 37.4. The van der Waals surface area contributed by atoms with Crippen molar-refractivity contribution < 1.29 is 42.7 Å². The Morgan fingerprint density at radius 1 is 0.881 bits per heavy atom. The van der Waals surface area contributed by atoms with E-state index in [2.05, 4.69) is 64.7 Å². The third-order valence-electron chi connectivity index (χ3n) is 7.60. The molecule has 3 N–H and O–H groups in total. The third kappa shape index (κ3) is 31.2. The van der Waals surface area contributed by atoms with E-state index in [0.717, 1.165) is 68.8 Å². The first-order chi connectivity index (χ1) is 28.5. The SMILES string of the molecule is C1CCOC1.CC.CCOC.CCOC(=O)C(C)OP(CCNCc1ccc(C)cc1)Oc1ccccc1.COc1ccc(SN(CCCNC(=O)O)CC(C)C)cc1. The molecule has 4 rings (SSSR count). The second kappa shape index (κ2) is 37.6. The van der Waals surface area contributed by atoms with Crippen LogP contribution in [0.25, 0.3) is 0 Å². The van der Waals surface area contributed by atoms with Gasteiger partial charge in [-0.25, -0.2) is 13.9 Å². The van der Waals surface area contributed by atoms with Gasteiger partial charge in [0, 0.05) is 70.7 Å². The number of methoxy groups -OCH3 is 2. The lowest BCUT2D eigenvalue weighted by molar-refractivity contribution is -0.150. The van der Waals surface area contributed by atoms with Crippen LogP contribution in [0.3, 0.4) is 0 Å². The number of para-hydroxylation sites is 1. The Bertz CT molecular complexity index is 1410. The summed E-state index contributed by atoms with van der Waals surface area (Å²) in [6.07, 6.45) is 2.40. The number of carboxylic acid groups (broad SMARTS) is 1. The van der Waals surface area contributed by atoms with Crippen LogP contribution in [-0.4, -0.2) is 101 Å². The molecule has 0 radical (unpaired) electrons. The van der Waals surface area contributed by atoms with Crippen LogP contribution in [0.15, 0.2) is 83.8 Å². The third-order valence-corrected chi connectivity index (χ3v) is 10.2. The van der Waals surface area contributed by atoms with Gasteiger partial charge in [0.05, 0.1) is 13.7 Å². The minimum Gasteiger partial charge on any atom is -0.497 e. The first kappa shape index (κ1) is 55.6. The fourth-order valence-electron chi connectivity index (χ4n) is 4.63. The Kier molecular flexibility index (Phi) is 35.4. The van der Waals surface area contributed by atoms with Crippen LogP contribution in [-0.2, 0) is 30.1 Å². The molecule has 2 atom stereocenters. The van der Waals surface area contributed by atoms with Crippen LogP contribution in [0.2, 0.25) is 0 Å². The second-order valence-corrected chi connectivity index (χ2v) is 15.8. The Balaban J connectivity index is 0.000000924. The number of carbonyl (C=O) groups is 2. The van der Waals surface area contributed by atoms with Crippen molar-refractivity contribution >= 4 is 32.4 Å². The van der Waals surface area contributed by atoms with Crippen molar-refractivity contribution in [2.75, 3.05) is 73.0 Å². The molecule has 1 heterocycles. The van der Waals surface area contributed by atoms with Gasteiger partial charge in [-0.2, -0.15) is 0 Å². The summed E-state index contributed by atoms with van der Waals surface area (Å²) in [4.78, 5) is 23.5. The number of aryl methyl sites for hydroxylation is 1. The van der Waals surface area contributed by atoms with E-state index in [0.29, 0.717) is 25.2 Å². The fourth-order valence-corrected chi connectivity index (χ4v) is 7.16. The molecule has 3 aromatic rings. The molecule has 1 amide bonds. The maximum atomic E-state index is 11.9. The predicted molar refractivity (Wildman–Crippen MR) is 244 cm³/mol. The van der Waals surface area contributed by atoms with Crippen LogP contribution in [0, 0.1) is 12.8 Å². The first-order valence-corrected chi connectivity index (χ1v) is 22.8. The molecule has 1 aliphatic heterocycles. The van der Waals surface area contributed by atoms with Crippen molar-refractivity contribution in [1.82, 2.24) is 14.9 Å². The zero-order valence-corrected chi connectivity index (χ0v) is 39.1. The average Bonchev–Trinajstić information content (AvgIpc) is 3.84. The second-order valence-electron chi connectivity index (χ2n) is 13.2. The number of ether oxygens (including phenoxy) is 4. The van der Waals surface area contributed by atoms with Gasteiger partial charge < -0.3 is 43.7 Å². The predicted octanol–water partition coefficient (Wildman–Crippen LogP) is 10.2. The highest BCUT2D eigenvalue weighted by atomic mass is 32.2. The lowest BCUT2D eigenvalue weighted by Gasteiger charge is -2.23. The number of hydrogen-bond donors (Lipinski definition) is 3. The maximum Gasteiger partial charge on any atom is 0.404 e. The molecule has 3 aromatic carbocycles. The number of benzene rings is 3. The number of esters is 1. The number of hydrogen-bond acceptors (Lipinski definition) is 11. The van der Waals surface area contributed by atoms with Crippen molar-refractivity contribution in [1.29, 1.82) is 0 Å². The summed E-state index contributed by atoms with van der Waals surface area (Å²) in [6, 6.07) is 25.9. The summed E-state index contributed by atoms with van der Waals surface area (Å²) >= 11 is 1.70. The lowest BCUT2D eigenvalue weighted by Crippen LogP contribution is -2.27. The van der Waals surface area contributed by atoms with E-state index in [-0.39, 0.29) is 5.97 Å². The minimum absolute atomic E-state index is 0.335. The Labute approximate surface area is 361 Å². The van der Waals surface area contributed by atoms with Gasteiger partial charge in [-0.3, -0.25) is 0 Å². The number of amides is 1. The summed E-state index contributed by atoms with van der Waals surface area (Å²) in [7, 11) is 2.07. The Morgan fingerprint density at radius 2 is 1.51 bits per heavy atom. The van der Waals surface area contributed by atoms with Crippen LogP contribution >= 0.6 is 20.3 Å². The normalized spacial score (nSPS) is 12.5. The molecule has 59 heavy (non-hydrogen) atoms. The van der Waals surface area contributed by atoms with Crippen LogP contribution in [0.4, 0.5) is 4.79 Å². The number of carbonyl (C=O) groups excluding carboxylic acids is 1. The topological polar surface area (TPSA) is 137 Å². The molecule has 1 saturated heterocycles. The maximum absolute atomic E-state index is 11.9. The number of rotatable bonds is 21. The van der Waals surface area contributed by atoms with Gasteiger partial charge in [-0.15, -0.1) is 0 Å². The highest BCUT2D eigenvalue weighted by Gasteiger charge is 2.22. The summed E-state index contributed by atoms with van der Waals surface area (Å²) < 4.78 is 33.8. The summed E-state index contributed by atoms with van der Waals surface area (Å²) in [5.41, 5.74) is 2.48. The van der Waals surface area contributed by atoms with E-state index in [9.17, 15) is 9.59 Å². The van der Waals surface area contributed by atoms with Crippen molar-refractivity contribution in [2.24, 2.45) is 5.92 Å². The van der Waals surface area contributed by atoms with Crippen molar-refractivity contribution in [3.63, 3.8) is 0 Å².